The zero-order chi connectivity index (χ0) is 41.9. The van der Waals surface area contributed by atoms with Crippen molar-refractivity contribution in [3.05, 3.63) is 256 Å². The fourth-order valence-corrected chi connectivity index (χ4v) is 10.4. The summed E-state index contributed by atoms with van der Waals surface area (Å²) in [5.74, 6) is 3.76. The van der Waals surface area contributed by atoms with Crippen molar-refractivity contribution in [2.45, 2.75) is 37.0 Å². The fourth-order valence-electron chi connectivity index (χ4n) is 10.4. The molecule has 0 fully saturated rings. The van der Waals surface area contributed by atoms with Gasteiger partial charge in [0.1, 0.15) is 29.7 Å². The van der Waals surface area contributed by atoms with Crippen LogP contribution in [-0.2, 0) is 5.41 Å². The van der Waals surface area contributed by atoms with Crippen LogP contribution in [0.25, 0.3) is 11.1 Å². The van der Waals surface area contributed by atoms with E-state index >= 15 is 0 Å². The lowest BCUT2D eigenvalue weighted by Crippen LogP contribution is -2.36. The maximum atomic E-state index is 6.85. The van der Waals surface area contributed by atoms with Gasteiger partial charge in [-0.2, -0.15) is 0 Å². The van der Waals surface area contributed by atoms with Crippen molar-refractivity contribution in [3.63, 3.8) is 0 Å². The zero-order valence-electron chi connectivity index (χ0n) is 35.0. The van der Waals surface area contributed by atoms with Crippen LogP contribution in [0, 0.1) is 5.92 Å². The molecule has 1 spiro atoms. The van der Waals surface area contributed by atoms with Crippen LogP contribution in [0.15, 0.2) is 226 Å². The summed E-state index contributed by atoms with van der Waals surface area (Å²) in [5, 5.41) is 3.91. The summed E-state index contributed by atoms with van der Waals surface area (Å²) < 4.78 is 6.85. The largest absolute Gasteiger partial charge is 0.461 e. The molecule has 6 nitrogen and oxygen atoms in total. The third-order valence-corrected chi connectivity index (χ3v) is 13.4. The molecule has 6 aliphatic rings. The third-order valence-electron chi connectivity index (χ3n) is 13.4. The Hall–Kier alpha value is -7.57. The number of para-hydroxylation sites is 1. The summed E-state index contributed by atoms with van der Waals surface area (Å²) in [6.45, 7) is 0. The van der Waals surface area contributed by atoms with Crippen LogP contribution in [0.3, 0.4) is 0 Å². The highest BCUT2D eigenvalue weighted by Gasteiger charge is 2.52. The predicted octanol–water partition coefficient (Wildman–Crippen LogP) is 11.9. The van der Waals surface area contributed by atoms with Gasteiger partial charge in [0.25, 0.3) is 0 Å². The lowest BCUT2D eigenvalue weighted by molar-refractivity contribution is 0.364. The number of rotatable bonds is 6. The number of fused-ring (bicyclic) bond motifs is 8. The molecule has 0 saturated heterocycles. The van der Waals surface area contributed by atoms with Gasteiger partial charge in [-0.1, -0.05) is 170 Å². The summed E-state index contributed by atoms with van der Waals surface area (Å²) in [7, 11) is 2.09. The molecule has 6 aromatic carbocycles. The Morgan fingerprint density at radius 2 is 1.40 bits per heavy atom. The van der Waals surface area contributed by atoms with Gasteiger partial charge in [0.2, 0.25) is 0 Å². The van der Waals surface area contributed by atoms with Gasteiger partial charge >= 0.3 is 0 Å². The molecule has 0 saturated carbocycles. The van der Waals surface area contributed by atoms with Gasteiger partial charge in [0, 0.05) is 47.3 Å². The van der Waals surface area contributed by atoms with E-state index in [2.05, 4.69) is 205 Å². The van der Waals surface area contributed by atoms with Crippen LogP contribution >= 0.6 is 0 Å². The predicted molar refractivity (Wildman–Crippen MR) is 254 cm³/mol. The Morgan fingerprint density at radius 1 is 0.667 bits per heavy atom. The number of aliphatic imine (C=N–C) groups is 3. The van der Waals surface area contributed by atoms with Crippen LogP contribution < -0.4 is 10.1 Å². The molecule has 304 valence electrons. The van der Waals surface area contributed by atoms with Gasteiger partial charge < -0.3 is 15.0 Å². The first kappa shape index (κ1) is 37.2. The van der Waals surface area contributed by atoms with Crippen LogP contribution in [0.5, 0.6) is 5.75 Å². The minimum Gasteiger partial charge on any atom is -0.461 e. The second kappa shape index (κ2) is 15.1. The SMILES string of the molecule is CN1C(c2ccccc2)=NC(c2ccc3c(c2)C2(C4=C(CCC=C4)Oc4ccccc42)c2cc(C4N=C(c5ccccc5)C=C(C5C=CC=CC5)N4)ccc2-3)=NC1c1ccccc1. The number of ether oxygens (including phenoxy) is 1. The third kappa shape index (κ3) is 6.11. The van der Waals surface area contributed by atoms with Crippen LogP contribution in [0.4, 0.5) is 0 Å². The molecule has 4 unspecified atom stereocenters. The molecule has 4 atom stereocenters. The van der Waals surface area contributed by atoms with Crippen LogP contribution in [-0.4, -0.2) is 29.3 Å². The molecule has 0 bridgehead atoms. The first-order valence-electron chi connectivity index (χ1n) is 22.0. The first-order chi connectivity index (χ1) is 31.1. The molecule has 0 radical (unpaired) electrons. The van der Waals surface area contributed by atoms with Crippen molar-refractivity contribution in [2.75, 3.05) is 7.05 Å². The average Bonchev–Trinajstić information content (AvgIpc) is 3.64. The van der Waals surface area contributed by atoms with Gasteiger partial charge in [0.05, 0.1) is 11.1 Å². The summed E-state index contributed by atoms with van der Waals surface area (Å²) in [4.78, 5) is 18.4. The molecular weight excluding hydrogens is 771 g/mol. The lowest BCUT2D eigenvalue weighted by atomic mass is 9.64. The van der Waals surface area contributed by atoms with E-state index in [1.165, 1.54) is 33.5 Å². The Bertz CT molecular complexity index is 3060. The molecule has 3 aliphatic heterocycles. The van der Waals surface area contributed by atoms with E-state index in [1.54, 1.807) is 0 Å². The standard InChI is InChI=1S/C57H45N5O/c1-62-55(39-22-10-4-11-23-39)60-54(61-56(62)40-24-12-5-13-25-40)42-31-33-44-43-32-30-41(53-58-49(37-18-6-2-7-19-37)36-50(59-53)38-20-8-3-9-21-38)34-47(43)57(48(44)35-42)45-26-14-16-28-51(45)63-52-29-17-15-27-46(52)57/h2-16,18-20,22-28,30-36,38,53,55,59H,17,21,29H2,1H3. The number of hydrogen-bond donors (Lipinski definition) is 1. The number of hydrogen-bond acceptors (Lipinski definition) is 6. The molecule has 0 aromatic heterocycles. The number of amidine groups is 2. The maximum absolute atomic E-state index is 6.85. The normalized spacial score (nSPS) is 22.7. The molecule has 12 rings (SSSR count). The number of benzene rings is 6. The van der Waals surface area contributed by atoms with Crippen molar-refractivity contribution < 1.29 is 4.74 Å². The minimum atomic E-state index is -0.662. The van der Waals surface area contributed by atoms with Crippen LogP contribution in [0.1, 0.15) is 76.1 Å². The Kier molecular flexibility index (Phi) is 8.92. The minimum absolute atomic E-state index is 0.242. The van der Waals surface area contributed by atoms with E-state index in [4.69, 9.17) is 19.7 Å². The Balaban J connectivity index is 1.06. The molecular formula is C57H45N5O. The van der Waals surface area contributed by atoms with E-state index in [-0.39, 0.29) is 18.2 Å². The van der Waals surface area contributed by atoms with E-state index in [0.29, 0.717) is 5.84 Å². The number of nitrogens with one attached hydrogen (secondary N) is 1. The highest BCUT2D eigenvalue weighted by atomic mass is 16.5. The van der Waals surface area contributed by atoms with Gasteiger partial charge in [-0.05, 0) is 76.1 Å². The highest BCUT2D eigenvalue weighted by Crippen LogP contribution is 2.62. The molecule has 3 aliphatic carbocycles. The zero-order valence-corrected chi connectivity index (χ0v) is 35.0. The van der Waals surface area contributed by atoms with Gasteiger partial charge in [-0.15, -0.1) is 0 Å². The smallest absolute Gasteiger partial charge is 0.159 e. The van der Waals surface area contributed by atoms with E-state index in [1.807, 2.05) is 6.07 Å². The topological polar surface area (TPSA) is 61.6 Å². The average molecular weight is 816 g/mol. The summed E-state index contributed by atoms with van der Waals surface area (Å²) in [6, 6.07) is 54.1. The molecule has 6 heteroatoms. The quantitative estimate of drug-likeness (QED) is 0.182. The van der Waals surface area contributed by atoms with E-state index in [0.717, 1.165) is 75.7 Å². The van der Waals surface area contributed by atoms with Crippen LogP contribution in [0.2, 0.25) is 0 Å². The van der Waals surface area contributed by atoms with Gasteiger partial charge in [-0.25, -0.2) is 9.98 Å². The first-order valence-corrected chi connectivity index (χ1v) is 22.0. The molecule has 63 heavy (non-hydrogen) atoms. The van der Waals surface area contributed by atoms with E-state index < -0.39 is 5.41 Å². The summed E-state index contributed by atoms with van der Waals surface area (Å²) in [6.07, 6.45) is 17.9. The maximum Gasteiger partial charge on any atom is 0.159 e. The Labute approximate surface area is 368 Å². The van der Waals surface area contributed by atoms with Crippen molar-refractivity contribution in [1.82, 2.24) is 10.2 Å². The monoisotopic (exact) mass is 815 g/mol. The second-order valence-electron chi connectivity index (χ2n) is 17.0. The number of allylic oxidation sites excluding steroid dienone is 9. The van der Waals surface area contributed by atoms with Crippen molar-refractivity contribution in [2.24, 2.45) is 20.9 Å². The second-order valence-corrected chi connectivity index (χ2v) is 17.0. The van der Waals surface area contributed by atoms with Gasteiger partial charge in [0.15, 0.2) is 5.84 Å². The highest BCUT2D eigenvalue weighted by molar-refractivity contribution is 6.13. The molecule has 0 amide bonds. The molecule has 1 N–H and O–H groups in total. The Morgan fingerprint density at radius 3 is 2.19 bits per heavy atom. The molecule has 6 aromatic rings. The van der Waals surface area contributed by atoms with Gasteiger partial charge in [-0.3, -0.25) is 4.99 Å². The van der Waals surface area contributed by atoms with E-state index in [9.17, 15) is 0 Å². The van der Waals surface area contributed by atoms with Crippen molar-refractivity contribution >= 4 is 17.4 Å². The number of nitrogens with zero attached hydrogens (tertiary/aromatic N) is 4. The summed E-state index contributed by atoms with van der Waals surface area (Å²) in [5.41, 5.74) is 14.0. The van der Waals surface area contributed by atoms with Crippen molar-refractivity contribution in [1.29, 1.82) is 0 Å². The lowest BCUT2D eigenvalue weighted by Gasteiger charge is -2.41. The molecule has 3 heterocycles. The summed E-state index contributed by atoms with van der Waals surface area (Å²) >= 11 is 0. The fraction of sp³-hybridized carbons (Fsp3) is 0.140. The van der Waals surface area contributed by atoms with Crippen molar-refractivity contribution in [3.8, 4) is 16.9 Å².